The second kappa shape index (κ2) is 4.32. The Morgan fingerprint density at radius 2 is 2.00 bits per heavy atom. The summed E-state index contributed by atoms with van der Waals surface area (Å²) in [5.74, 6) is -0.984. The summed E-state index contributed by atoms with van der Waals surface area (Å²) in [6, 6.07) is 1.72. The molecule has 0 saturated heterocycles. The summed E-state index contributed by atoms with van der Waals surface area (Å²) in [4.78, 5) is 10.9. The van der Waals surface area contributed by atoms with Crippen LogP contribution in [0.4, 0.5) is 13.2 Å². The molecule has 0 bridgehead atoms. The highest BCUT2D eigenvalue weighted by atomic mass is 79.9. The Hall–Kier alpha value is -1.24. The number of methoxy groups -OCH3 is 1. The fourth-order valence-electron chi connectivity index (χ4n) is 1.13. The van der Waals surface area contributed by atoms with Crippen LogP contribution in [0.25, 0.3) is 0 Å². The van der Waals surface area contributed by atoms with Crippen LogP contribution in [0.15, 0.2) is 16.6 Å². The van der Waals surface area contributed by atoms with Gasteiger partial charge in [-0.1, -0.05) is 15.9 Å². The van der Waals surface area contributed by atoms with Gasteiger partial charge in [0.2, 0.25) is 0 Å². The third kappa shape index (κ3) is 2.46. The van der Waals surface area contributed by atoms with Crippen molar-refractivity contribution in [3.8, 4) is 5.75 Å². The van der Waals surface area contributed by atoms with Gasteiger partial charge in [0, 0.05) is 4.47 Å². The maximum atomic E-state index is 12.5. The van der Waals surface area contributed by atoms with E-state index in [9.17, 15) is 18.0 Å². The highest BCUT2D eigenvalue weighted by molar-refractivity contribution is 9.10. The Kier molecular flexibility index (Phi) is 3.47. The second-order valence-corrected chi connectivity index (χ2v) is 3.75. The molecular weight excluding hydrogens is 291 g/mol. The van der Waals surface area contributed by atoms with Gasteiger partial charge in [0.15, 0.2) is 0 Å². The molecule has 0 atom stereocenters. The number of halogens is 4. The Labute approximate surface area is 97.5 Å². The molecule has 0 radical (unpaired) electrons. The maximum Gasteiger partial charge on any atom is 0.417 e. The van der Waals surface area contributed by atoms with E-state index in [0.29, 0.717) is 6.07 Å². The van der Waals surface area contributed by atoms with E-state index in [1.807, 2.05) is 0 Å². The van der Waals surface area contributed by atoms with Crippen molar-refractivity contribution in [2.75, 3.05) is 7.11 Å². The van der Waals surface area contributed by atoms with E-state index in [0.717, 1.165) is 6.07 Å². The lowest BCUT2D eigenvalue weighted by Gasteiger charge is -2.13. The molecular formula is C9H7BrF3NO2. The summed E-state index contributed by atoms with van der Waals surface area (Å²) in [6.45, 7) is 0. The molecule has 0 aliphatic carbocycles. The minimum absolute atomic E-state index is 0.00706. The van der Waals surface area contributed by atoms with E-state index in [2.05, 4.69) is 15.9 Å². The van der Waals surface area contributed by atoms with Crippen molar-refractivity contribution in [3.05, 3.63) is 27.7 Å². The van der Waals surface area contributed by atoms with E-state index < -0.39 is 17.6 Å². The van der Waals surface area contributed by atoms with Gasteiger partial charge in [-0.2, -0.15) is 13.2 Å². The lowest BCUT2D eigenvalue weighted by molar-refractivity contribution is -0.138. The first-order valence-corrected chi connectivity index (χ1v) is 4.81. The smallest absolute Gasteiger partial charge is 0.417 e. The molecule has 16 heavy (non-hydrogen) atoms. The first-order valence-electron chi connectivity index (χ1n) is 4.02. The Bertz CT molecular complexity index is 431. The van der Waals surface area contributed by atoms with Crippen LogP contribution in [0, 0.1) is 0 Å². The maximum absolute atomic E-state index is 12.5. The number of carbonyl (C=O) groups excluding carboxylic acids is 1. The van der Waals surface area contributed by atoms with Gasteiger partial charge >= 0.3 is 6.18 Å². The predicted molar refractivity (Wildman–Crippen MR) is 54.2 cm³/mol. The van der Waals surface area contributed by atoms with E-state index in [1.165, 1.54) is 7.11 Å². The van der Waals surface area contributed by atoms with Crippen LogP contribution >= 0.6 is 15.9 Å². The van der Waals surface area contributed by atoms with E-state index >= 15 is 0 Å². The monoisotopic (exact) mass is 297 g/mol. The van der Waals surface area contributed by atoms with Crippen molar-refractivity contribution < 1.29 is 22.7 Å². The van der Waals surface area contributed by atoms with E-state index in [1.54, 1.807) is 0 Å². The van der Waals surface area contributed by atoms with Crippen molar-refractivity contribution >= 4 is 21.8 Å². The molecule has 0 heterocycles. The molecule has 0 spiro atoms. The van der Waals surface area contributed by atoms with Crippen LogP contribution in [-0.2, 0) is 6.18 Å². The van der Waals surface area contributed by atoms with Crippen molar-refractivity contribution in [2.45, 2.75) is 6.18 Å². The van der Waals surface area contributed by atoms with Gasteiger partial charge in [-0.05, 0) is 12.1 Å². The zero-order chi connectivity index (χ0) is 12.5. The molecule has 0 aliphatic heterocycles. The average Bonchev–Trinajstić information content (AvgIpc) is 2.14. The highest BCUT2D eigenvalue weighted by Crippen LogP contribution is 2.38. The summed E-state index contributed by atoms with van der Waals surface area (Å²) in [5.41, 5.74) is 3.67. The summed E-state index contributed by atoms with van der Waals surface area (Å²) >= 11 is 2.75. The third-order valence-electron chi connectivity index (χ3n) is 1.86. The number of alkyl halides is 3. The first kappa shape index (κ1) is 12.8. The van der Waals surface area contributed by atoms with E-state index in [4.69, 9.17) is 10.5 Å². The van der Waals surface area contributed by atoms with Gasteiger partial charge < -0.3 is 10.5 Å². The van der Waals surface area contributed by atoms with Crippen molar-refractivity contribution in [2.24, 2.45) is 5.73 Å². The van der Waals surface area contributed by atoms with Crippen LogP contribution in [0.1, 0.15) is 15.9 Å². The van der Waals surface area contributed by atoms with Crippen LogP contribution in [0.2, 0.25) is 0 Å². The number of hydrogen-bond acceptors (Lipinski definition) is 2. The zero-order valence-electron chi connectivity index (χ0n) is 8.06. The zero-order valence-corrected chi connectivity index (χ0v) is 9.65. The fourth-order valence-corrected chi connectivity index (χ4v) is 1.68. The minimum atomic E-state index is -4.56. The Balaban J connectivity index is 3.45. The molecule has 1 rings (SSSR count). The first-order chi connectivity index (χ1) is 7.27. The van der Waals surface area contributed by atoms with Crippen molar-refractivity contribution in [1.82, 2.24) is 0 Å². The van der Waals surface area contributed by atoms with E-state index in [-0.39, 0.29) is 15.8 Å². The number of nitrogens with two attached hydrogens (primary N) is 1. The SMILES string of the molecule is COc1cc(Br)c(C(F)(F)F)cc1C(N)=O. The number of carbonyl (C=O) groups is 1. The molecule has 2 N–H and O–H groups in total. The fraction of sp³-hybridized carbons (Fsp3) is 0.222. The molecule has 7 heteroatoms. The minimum Gasteiger partial charge on any atom is -0.496 e. The predicted octanol–water partition coefficient (Wildman–Crippen LogP) is 2.58. The number of benzene rings is 1. The summed E-state index contributed by atoms with van der Waals surface area (Å²) < 4.78 is 42.1. The molecule has 0 aliphatic rings. The van der Waals surface area contributed by atoms with Gasteiger partial charge in [-0.15, -0.1) is 0 Å². The molecule has 1 aromatic rings. The molecule has 0 fully saturated rings. The molecule has 0 saturated carbocycles. The van der Waals surface area contributed by atoms with Crippen molar-refractivity contribution in [3.63, 3.8) is 0 Å². The topological polar surface area (TPSA) is 52.3 Å². The molecule has 0 aromatic heterocycles. The van der Waals surface area contributed by atoms with Crippen molar-refractivity contribution in [1.29, 1.82) is 0 Å². The normalized spacial score (nSPS) is 11.3. The van der Waals surface area contributed by atoms with Crippen LogP contribution < -0.4 is 10.5 Å². The summed E-state index contributed by atoms with van der Waals surface area (Å²) in [5, 5.41) is 0. The second-order valence-electron chi connectivity index (χ2n) is 2.89. The Morgan fingerprint density at radius 1 is 1.44 bits per heavy atom. The molecule has 3 nitrogen and oxygen atoms in total. The number of rotatable bonds is 2. The van der Waals surface area contributed by atoms with Gasteiger partial charge in [-0.3, -0.25) is 4.79 Å². The Morgan fingerprint density at radius 3 is 2.38 bits per heavy atom. The van der Waals surface area contributed by atoms with Gasteiger partial charge in [0.05, 0.1) is 18.2 Å². The molecule has 1 amide bonds. The summed E-state index contributed by atoms with van der Waals surface area (Å²) in [6.07, 6.45) is -4.56. The standard InChI is InChI=1S/C9H7BrF3NO2/c1-16-7-3-6(10)5(9(11,12)13)2-4(7)8(14)15/h2-3H,1H3,(H2,14,15). The average molecular weight is 298 g/mol. The lowest BCUT2D eigenvalue weighted by Crippen LogP contribution is -2.15. The molecule has 1 aromatic carbocycles. The number of hydrogen-bond donors (Lipinski definition) is 1. The summed E-state index contributed by atoms with van der Waals surface area (Å²) in [7, 11) is 1.24. The lowest BCUT2D eigenvalue weighted by atomic mass is 10.1. The van der Waals surface area contributed by atoms with Gasteiger partial charge in [0.25, 0.3) is 5.91 Å². The largest absolute Gasteiger partial charge is 0.496 e. The van der Waals surface area contributed by atoms with Crippen LogP contribution in [0.5, 0.6) is 5.75 Å². The number of ether oxygens (including phenoxy) is 1. The van der Waals surface area contributed by atoms with Gasteiger partial charge in [-0.25, -0.2) is 0 Å². The van der Waals surface area contributed by atoms with Crippen LogP contribution in [0.3, 0.4) is 0 Å². The molecule has 88 valence electrons. The number of amides is 1. The highest BCUT2D eigenvalue weighted by Gasteiger charge is 2.34. The quantitative estimate of drug-likeness (QED) is 0.912. The number of primary amides is 1. The van der Waals surface area contributed by atoms with Crippen LogP contribution in [-0.4, -0.2) is 13.0 Å². The molecule has 0 unspecified atom stereocenters. The van der Waals surface area contributed by atoms with Gasteiger partial charge in [0.1, 0.15) is 5.75 Å². The third-order valence-corrected chi connectivity index (χ3v) is 2.52.